The number of hydrogen-bond acceptors (Lipinski definition) is 2. The van der Waals surface area contributed by atoms with E-state index in [4.69, 9.17) is 0 Å². The van der Waals surface area contributed by atoms with Gasteiger partial charge in [0, 0.05) is 5.41 Å². The van der Waals surface area contributed by atoms with E-state index in [1.165, 1.54) is 11.6 Å². The minimum Gasteiger partial charge on any atom is -0.504 e. The van der Waals surface area contributed by atoms with Crippen molar-refractivity contribution in [3.8, 4) is 11.5 Å². The predicted molar refractivity (Wildman–Crippen MR) is 82.1 cm³/mol. The van der Waals surface area contributed by atoms with Gasteiger partial charge in [-0.15, -0.1) is 0 Å². The fraction of sp³-hybridized carbons (Fsp3) is 0.222. The topological polar surface area (TPSA) is 40.5 Å². The van der Waals surface area contributed by atoms with E-state index in [1.54, 1.807) is 6.07 Å². The predicted octanol–water partition coefficient (Wildman–Crippen LogP) is 4.37. The largest absolute Gasteiger partial charge is 0.504 e. The zero-order valence-corrected chi connectivity index (χ0v) is 12.1. The standard InChI is InChI=1S/C18H20O2/c1-4-13(2)18(3,14-8-6-5-7-9-14)15-10-11-16(19)17(20)12-15/h4-12,19-20H,1-3H3/b13-4+. The average molecular weight is 268 g/mol. The Balaban J connectivity index is 2.67. The van der Waals surface area contributed by atoms with E-state index in [0.717, 1.165) is 11.1 Å². The summed E-state index contributed by atoms with van der Waals surface area (Å²) in [4.78, 5) is 0. The maximum atomic E-state index is 9.80. The minimum atomic E-state index is -0.332. The molecule has 0 fully saturated rings. The van der Waals surface area contributed by atoms with Crippen LogP contribution in [0.15, 0.2) is 60.2 Å². The molecule has 0 heterocycles. The van der Waals surface area contributed by atoms with Gasteiger partial charge in [0.25, 0.3) is 0 Å². The third-order valence-corrected chi connectivity index (χ3v) is 4.13. The molecule has 0 saturated carbocycles. The van der Waals surface area contributed by atoms with Crippen LogP contribution in [-0.4, -0.2) is 10.2 Å². The Labute approximate surface area is 120 Å². The molecule has 2 heteroatoms. The smallest absolute Gasteiger partial charge is 0.157 e. The first-order chi connectivity index (χ1) is 9.50. The van der Waals surface area contributed by atoms with Crippen LogP contribution in [0.2, 0.25) is 0 Å². The van der Waals surface area contributed by atoms with Gasteiger partial charge >= 0.3 is 0 Å². The lowest BCUT2D eigenvalue weighted by molar-refractivity contribution is 0.402. The third kappa shape index (κ3) is 2.29. The molecule has 0 aliphatic carbocycles. The van der Waals surface area contributed by atoms with Crippen LogP contribution in [0, 0.1) is 0 Å². The number of aromatic hydroxyl groups is 2. The van der Waals surface area contributed by atoms with E-state index >= 15 is 0 Å². The fourth-order valence-electron chi connectivity index (χ4n) is 2.52. The first-order valence-electron chi connectivity index (χ1n) is 6.71. The van der Waals surface area contributed by atoms with Gasteiger partial charge in [-0.2, -0.15) is 0 Å². The van der Waals surface area contributed by atoms with Crippen LogP contribution in [0.5, 0.6) is 11.5 Å². The van der Waals surface area contributed by atoms with Crippen molar-refractivity contribution in [3.05, 3.63) is 71.3 Å². The number of rotatable bonds is 3. The van der Waals surface area contributed by atoms with Crippen molar-refractivity contribution < 1.29 is 10.2 Å². The van der Waals surface area contributed by atoms with Gasteiger partial charge in [-0.05, 0) is 44.0 Å². The highest BCUT2D eigenvalue weighted by Gasteiger charge is 2.30. The Morgan fingerprint density at radius 3 is 2.15 bits per heavy atom. The molecule has 0 saturated heterocycles. The molecule has 0 aliphatic rings. The summed E-state index contributed by atoms with van der Waals surface area (Å²) in [6, 6.07) is 15.2. The molecular formula is C18H20O2. The van der Waals surface area contributed by atoms with Crippen LogP contribution in [0.4, 0.5) is 0 Å². The van der Waals surface area contributed by atoms with E-state index < -0.39 is 0 Å². The SMILES string of the molecule is C/C=C(\C)C(C)(c1ccccc1)c1ccc(O)c(O)c1. The average Bonchev–Trinajstić information content (AvgIpc) is 2.49. The molecular weight excluding hydrogens is 248 g/mol. The number of phenolic OH excluding ortho intramolecular Hbond substituents is 2. The van der Waals surface area contributed by atoms with Crippen LogP contribution < -0.4 is 0 Å². The summed E-state index contributed by atoms with van der Waals surface area (Å²) in [5.41, 5.74) is 2.96. The molecule has 1 atom stereocenters. The Kier molecular flexibility index (Phi) is 3.84. The molecule has 2 aromatic rings. The van der Waals surface area contributed by atoms with Gasteiger partial charge in [0.2, 0.25) is 0 Å². The van der Waals surface area contributed by atoms with Crippen molar-refractivity contribution >= 4 is 0 Å². The molecule has 0 spiro atoms. The molecule has 0 bridgehead atoms. The van der Waals surface area contributed by atoms with Crippen molar-refractivity contribution in [1.29, 1.82) is 0 Å². The first-order valence-corrected chi connectivity index (χ1v) is 6.71. The number of phenols is 2. The second kappa shape index (κ2) is 5.41. The lowest BCUT2D eigenvalue weighted by atomic mass is 9.71. The van der Waals surface area contributed by atoms with Gasteiger partial charge in [-0.1, -0.05) is 48.0 Å². The Bertz CT molecular complexity index is 629. The van der Waals surface area contributed by atoms with Gasteiger partial charge < -0.3 is 10.2 Å². The zero-order valence-electron chi connectivity index (χ0n) is 12.1. The fourth-order valence-corrected chi connectivity index (χ4v) is 2.52. The highest BCUT2D eigenvalue weighted by atomic mass is 16.3. The van der Waals surface area contributed by atoms with E-state index in [1.807, 2.05) is 31.2 Å². The van der Waals surface area contributed by atoms with Crippen molar-refractivity contribution in [2.24, 2.45) is 0 Å². The third-order valence-electron chi connectivity index (χ3n) is 4.13. The van der Waals surface area contributed by atoms with Crippen molar-refractivity contribution in [3.63, 3.8) is 0 Å². The summed E-state index contributed by atoms with van der Waals surface area (Å²) < 4.78 is 0. The molecule has 0 aromatic heterocycles. The quantitative estimate of drug-likeness (QED) is 0.641. The second-order valence-electron chi connectivity index (χ2n) is 5.17. The van der Waals surface area contributed by atoms with Crippen LogP contribution in [0.3, 0.4) is 0 Å². The molecule has 2 aromatic carbocycles. The van der Waals surface area contributed by atoms with Crippen molar-refractivity contribution in [2.75, 3.05) is 0 Å². The first kappa shape index (κ1) is 14.2. The Hall–Kier alpha value is -2.22. The molecule has 0 radical (unpaired) electrons. The van der Waals surface area contributed by atoms with Crippen LogP contribution >= 0.6 is 0 Å². The molecule has 1 unspecified atom stereocenters. The summed E-state index contributed by atoms with van der Waals surface area (Å²) in [5, 5.41) is 19.3. The maximum Gasteiger partial charge on any atom is 0.157 e. The Morgan fingerprint density at radius 1 is 0.950 bits per heavy atom. The number of allylic oxidation sites excluding steroid dienone is 2. The monoisotopic (exact) mass is 268 g/mol. The van der Waals surface area contributed by atoms with Crippen LogP contribution in [-0.2, 0) is 5.41 Å². The van der Waals surface area contributed by atoms with E-state index in [0.29, 0.717) is 0 Å². The van der Waals surface area contributed by atoms with Crippen LogP contribution in [0.1, 0.15) is 31.9 Å². The summed E-state index contributed by atoms with van der Waals surface area (Å²) >= 11 is 0. The summed E-state index contributed by atoms with van der Waals surface area (Å²) in [7, 11) is 0. The number of benzene rings is 2. The normalized spacial score (nSPS) is 14.8. The second-order valence-corrected chi connectivity index (χ2v) is 5.17. The molecule has 2 rings (SSSR count). The lowest BCUT2D eigenvalue weighted by Crippen LogP contribution is -2.25. The molecule has 20 heavy (non-hydrogen) atoms. The molecule has 0 aliphatic heterocycles. The van der Waals surface area contributed by atoms with E-state index in [-0.39, 0.29) is 16.9 Å². The van der Waals surface area contributed by atoms with Gasteiger partial charge in [0.15, 0.2) is 11.5 Å². The van der Waals surface area contributed by atoms with Gasteiger partial charge in [-0.25, -0.2) is 0 Å². The summed E-state index contributed by atoms with van der Waals surface area (Å²) in [5.74, 6) is -0.184. The molecule has 2 N–H and O–H groups in total. The molecule has 2 nitrogen and oxygen atoms in total. The summed E-state index contributed by atoms with van der Waals surface area (Å²) in [6.45, 7) is 6.22. The summed E-state index contributed by atoms with van der Waals surface area (Å²) in [6.07, 6.45) is 2.08. The van der Waals surface area contributed by atoms with Crippen molar-refractivity contribution in [2.45, 2.75) is 26.2 Å². The zero-order chi connectivity index (χ0) is 14.8. The van der Waals surface area contributed by atoms with Gasteiger partial charge in [0.05, 0.1) is 0 Å². The Morgan fingerprint density at radius 2 is 1.60 bits per heavy atom. The molecule has 104 valence electrons. The highest BCUT2D eigenvalue weighted by molar-refractivity contribution is 5.51. The maximum absolute atomic E-state index is 9.80. The van der Waals surface area contributed by atoms with Gasteiger partial charge in [0.1, 0.15) is 0 Å². The van der Waals surface area contributed by atoms with E-state index in [9.17, 15) is 10.2 Å². The van der Waals surface area contributed by atoms with Crippen LogP contribution in [0.25, 0.3) is 0 Å². The lowest BCUT2D eigenvalue weighted by Gasteiger charge is -2.32. The van der Waals surface area contributed by atoms with Gasteiger partial charge in [-0.3, -0.25) is 0 Å². The highest BCUT2D eigenvalue weighted by Crippen LogP contribution is 2.41. The molecule has 0 amide bonds. The van der Waals surface area contributed by atoms with E-state index in [2.05, 4.69) is 32.1 Å². The minimum absolute atomic E-state index is 0.0893. The number of hydrogen-bond donors (Lipinski definition) is 2. The van der Waals surface area contributed by atoms with Crippen molar-refractivity contribution in [1.82, 2.24) is 0 Å².